The standard InChI is InChI=1S/C12H6ClN3O2S2/c13-11-12(19-20-15-11)14-10-8-4-2-1-3-7(8)5-6-9(10)16(17)18/h1-6H. The summed E-state index contributed by atoms with van der Waals surface area (Å²) in [5, 5.41) is 13.1. The van der Waals surface area contributed by atoms with Gasteiger partial charge in [0.05, 0.1) is 4.92 Å². The van der Waals surface area contributed by atoms with Crippen LogP contribution < -0.4 is 4.67 Å². The van der Waals surface area contributed by atoms with Gasteiger partial charge < -0.3 is 0 Å². The van der Waals surface area contributed by atoms with Crippen molar-refractivity contribution < 1.29 is 4.92 Å². The van der Waals surface area contributed by atoms with Gasteiger partial charge in [-0.05, 0) is 21.8 Å². The van der Waals surface area contributed by atoms with Crippen molar-refractivity contribution in [1.82, 2.24) is 4.37 Å². The van der Waals surface area contributed by atoms with E-state index >= 15 is 0 Å². The van der Waals surface area contributed by atoms with Gasteiger partial charge in [0, 0.05) is 22.0 Å². The minimum Gasteiger partial charge on any atom is -0.258 e. The van der Waals surface area contributed by atoms with E-state index in [1.165, 1.54) is 26.9 Å². The van der Waals surface area contributed by atoms with Crippen LogP contribution in [-0.4, -0.2) is 9.30 Å². The molecule has 0 saturated carbocycles. The van der Waals surface area contributed by atoms with Crippen LogP contribution in [-0.2, 0) is 0 Å². The lowest BCUT2D eigenvalue weighted by Gasteiger charge is -2.02. The number of nitro groups is 1. The maximum Gasteiger partial charge on any atom is 0.295 e. The van der Waals surface area contributed by atoms with Crippen molar-refractivity contribution in [3.8, 4) is 0 Å². The van der Waals surface area contributed by atoms with Gasteiger partial charge in [-0.25, -0.2) is 4.99 Å². The van der Waals surface area contributed by atoms with Gasteiger partial charge in [-0.3, -0.25) is 10.1 Å². The van der Waals surface area contributed by atoms with Gasteiger partial charge in [0.1, 0.15) is 0 Å². The molecule has 1 heterocycles. The molecule has 20 heavy (non-hydrogen) atoms. The Morgan fingerprint density at radius 3 is 2.75 bits per heavy atom. The predicted octanol–water partition coefficient (Wildman–Crippen LogP) is 4.15. The summed E-state index contributed by atoms with van der Waals surface area (Å²) in [7, 11) is 2.48. The van der Waals surface area contributed by atoms with Crippen LogP contribution >= 0.6 is 32.5 Å². The molecule has 0 fully saturated rings. The highest BCUT2D eigenvalue weighted by Gasteiger charge is 2.16. The van der Waals surface area contributed by atoms with Gasteiger partial charge in [-0.15, -0.1) is 0 Å². The number of aromatic nitrogens is 1. The van der Waals surface area contributed by atoms with Crippen LogP contribution in [0.2, 0.25) is 5.15 Å². The van der Waals surface area contributed by atoms with Crippen LogP contribution in [0, 0.1) is 10.1 Å². The van der Waals surface area contributed by atoms with Crippen LogP contribution in [0.15, 0.2) is 41.4 Å². The monoisotopic (exact) mass is 323 g/mol. The molecule has 100 valence electrons. The first-order chi connectivity index (χ1) is 9.66. The summed E-state index contributed by atoms with van der Waals surface area (Å²) in [4.78, 5) is 15.1. The first-order valence-electron chi connectivity index (χ1n) is 5.49. The first kappa shape index (κ1) is 13.2. The highest BCUT2D eigenvalue weighted by atomic mass is 35.5. The summed E-state index contributed by atoms with van der Waals surface area (Å²) < 4.78 is 4.41. The molecule has 3 rings (SSSR count). The second-order valence-corrected chi connectivity index (χ2v) is 6.06. The fourth-order valence-corrected chi connectivity index (χ4v) is 3.81. The van der Waals surface area contributed by atoms with Gasteiger partial charge in [-0.2, -0.15) is 4.37 Å². The molecule has 3 aromatic rings. The van der Waals surface area contributed by atoms with Crippen molar-refractivity contribution >= 4 is 54.6 Å². The molecule has 0 spiro atoms. The van der Waals surface area contributed by atoms with Gasteiger partial charge in [0.15, 0.2) is 15.5 Å². The summed E-state index contributed by atoms with van der Waals surface area (Å²) in [6.45, 7) is 0. The van der Waals surface area contributed by atoms with E-state index in [1.54, 1.807) is 12.1 Å². The first-order valence-corrected chi connectivity index (χ1v) is 7.97. The molecule has 0 unspecified atom stereocenters. The Labute approximate surface area is 125 Å². The van der Waals surface area contributed by atoms with E-state index in [-0.39, 0.29) is 10.8 Å². The molecule has 2 aromatic carbocycles. The number of halogens is 1. The Morgan fingerprint density at radius 2 is 2.05 bits per heavy atom. The van der Waals surface area contributed by atoms with Crippen LogP contribution in [0.1, 0.15) is 0 Å². The Morgan fingerprint density at radius 1 is 1.25 bits per heavy atom. The van der Waals surface area contributed by atoms with Gasteiger partial charge in [-0.1, -0.05) is 35.9 Å². The van der Waals surface area contributed by atoms with Crippen molar-refractivity contribution in [2.45, 2.75) is 0 Å². The lowest BCUT2D eigenvalue weighted by Crippen LogP contribution is -1.96. The number of rotatable bonds is 2. The molecule has 0 aliphatic heterocycles. The molecule has 0 N–H and O–H groups in total. The number of hydrogen-bond donors (Lipinski definition) is 0. The predicted molar refractivity (Wildman–Crippen MR) is 80.8 cm³/mol. The van der Waals surface area contributed by atoms with Crippen molar-refractivity contribution in [3.05, 3.63) is 56.3 Å². The minimum atomic E-state index is -0.441. The molecule has 8 heteroatoms. The number of benzene rings is 2. The van der Waals surface area contributed by atoms with Crippen LogP contribution in [0.4, 0.5) is 11.4 Å². The zero-order chi connectivity index (χ0) is 14.1. The SMILES string of the molecule is O=[N+]([O-])c1ccc2ccccc2c1N=c1ssnc1Cl. The third-order valence-corrected chi connectivity index (χ3v) is 4.87. The average Bonchev–Trinajstić information content (AvgIpc) is 2.84. The Hall–Kier alpha value is -1.83. The molecule has 1 aromatic heterocycles. The van der Waals surface area contributed by atoms with Crippen molar-refractivity contribution in [3.63, 3.8) is 0 Å². The van der Waals surface area contributed by atoms with Crippen LogP contribution in [0.25, 0.3) is 10.8 Å². The summed E-state index contributed by atoms with van der Waals surface area (Å²) in [5.41, 5.74) is 0.268. The molecule has 0 aliphatic carbocycles. The Bertz CT molecular complexity index is 872. The zero-order valence-corrected chi connectivity index (χ0v) is 12.2. The van der Waals surface area contributed by atoms with E-state index in [2.05, 4.69) is 9.37 Å². The highest BCUT2D eigenvalue weighted by molar-refractivity contribution is 7.66. The Kier molecular flexibility index (Phi) is 3.47. The molecule has 0 aliphatic rings. The second kappa shape index (κ2) is 5.28. The molecule has 0 radical (unpaired) electrons. The largest absolute Gasteiger partial charge is 0.295 e. The highest BCUT2D eigenvalue weighted by Crippen LogP contribution is 2.35. The van der Waals surface area contributed by atoms with Crippen molar-refractivity contribution in [2.24, 2.45) is 4.99 Å². The summed E-state index contributed by atoms with van der Waals surface area (Å²) in [5.74, 6) is 0. The van der Waals surface area contributed by atoms with Crippen LogP contribution in [0.3, 0.4) is 0 Å². The number of fused-ring (bicyclic) bond motifs is 1. The van der Waals surface area contributed by atoms with E-state index in [1.807, 2.05) is 18.2 Å². The molecule has 5 nitrogen and oxygen atoms in total. The summed E-state index contributed by atoms with van der Waals surface area (Å²) in [6, 6.07) is 10.6. The smallest absolute Gasteiger partial charge is 0.258 e. The molecule has 0 atom stereocenters. The minimum absolute atomic E-state index is 0.0434. The lowest BCUT2D eigenvalue weighted by molar-refractivity contribution is -0.384. The zero-order valence-electron chi connectivity index (χ0n) is 9.82. The van der Waals surface area contributed by atoms with E-state index < -0.39 is 4.92 Å². The van der Waals surface area contributed by atoms with E-state index in [0.717, 1.165) is 10.8 Å². The fourth-order valence-electron chi connectivity index (χ4n) is 1.83. The van der Waals surface area contributed by atoms with Gasteiger partial charge >= 0.3 is 0 Å². The number of nitrogens with zero attached hydrogens (tertiary/aromatic N) is 3. The molecular formula is C12H6ClN3O2S2. The average molecular weight is 324 g/mol. The summed E-state index contributed by atoms with van der Waals surface area (Å²) in [6.07, 6.45) is 0. The molecule has 0 saturated heterocycles. The molecule has 0 bridgehead atoms. The quantitative estimate of drug-likeness (QED) is 0.404. The number of nitro benzene ring substituents is 1. The van der Waals surface area contributed by atoms with Gasteiger partial charge in [0.25, 0.3) is 5.69 Å². The third-order valence-electron chi connectivity index (χ3n) is 2.70. The third kappa shape index (κ3) is 2.31. The number of hydrogen-bond acceptors (Lipinski definition) is 6. The normalized spacial score (nSPS) is 11.9. The van der Waals surface area contributed by atoms with Gasteiger partial charge in [0.2, 0.25) is 0 Å². The van der Waals surface area contributed by atoms with E-state index in [0.29, 0.717) is 10.4 Å². The van der Waals surface area contributed by atoms with E-state index in [4.69, 9.17) is 11.6 Å². The fraction of sp³-hybridized carbons (Fsp3) is 0. The maximum atomic E-state index is 11.2. The van der Waals surface area contributed by atoms with Crippen LogP contribution in [0.5, 0.6) is 0 Å². The van der Waals surface area contributed by atoms with Crippen molar-refractivity contribution in [1.29, 1.82) is 0 Å². The Balaban J connectivity index is 2.40. The second-order valence-electron chi connectivity index (χ2n) is 3.87. The van der Waals surface area contributed by atoms with E-state index in [9.17, 15) is 10.1 Å². The van der Waals surface area contributed by atoms with Crippen molar-refractivity contribution in [2.75, 3.05) is 0 Å². The topological polar surface area (TPSA) is 68.4 Å². The lowest BCUT2D eigenvalue weighted by atomic mass is 10.1. The molecular weight excluding hydrogens is 318 g/mol. The maximum absolute atomic E-state index is 11.2. The summed E-state index contributed by atoms with van der Waals surface area (Å²) >= 11 is 5.92. The molecule has 0 amide bonds.